The van der Waals surface area contributed by atoms with E-state index in [-0.39, 0.29) is 11.9 Å². The minimum absolute atomic E-state index is 0.0936. The van der Waals surface area contributed by atoms with Crippen LogP contribution in [0.4, 0.5) is 0 Å². The molecule has 1 aliphatic heterocycles. The van der Waals surface area contributed by atoms with Crippen LogP contribution in [-0.4, -0.2) is 36.0 Å². The van der Waals surface area contributed by atoms with Crippen LogP contribution in [0.3, 0.4) is 0 Å². The number of ether oxygens (including phenoxy) is 1. The number of piperidine rings is 1. The van der Waals surface area contributed by atoms with E-state index in [1.54, 1.807) is 0 Å². The highest BCUT2D eigenvalue weighted by Gasteiger charge is 2.30. The summed E-state index contributed by atoms with van der Waals surface area (Å²) < 4.78 is 5.98. The smallest absolute Gasteiger partial charge is 0.263 e. The first-order valence-corrected chi connectivity index (χ1v) is 8.29. The van der Waals surface area contributed by atoms with Crippen LogP contribution in [0.1, 0.15) is 38.7 Å². The fourth-order valence-electron chi connectivity index (χ4n) is 2.99. The van der Waals surface area contributed by atoms with Gasteiger partial charge in [-0.2, -0.15) is 0 Å². The average Bonchev–Trinajstić information content (AvgIpc) is 2.53. The molecule has 1 fully saturated rings. The summed E-state index contributed by atoms with van der Waals surface area (Å²) in [7, 11) is 0. The van der Waals surface area contributed by atoms with Gasteiger partial charge in [-0.1, -0.05) is 25.1 Å². The van der Waals surface area contributed by atoms with Gasteiger partial charge in [0, 0.05) is 19.1 Å². The second kappa shape index (κ2) is 7.63. The van der Waals surface area contributed by atoms with Crippen LogP contribution < -0.4 is 10.5 Å². The van der Waals surface area contributed by atoms with Crippen molar-refractivity contribution in [2.24, 2.45) is 11.7 Å². The number of likely N-dealkylation sites (tertiary alicyclic amines) is 1. The van der Waals surface area contributed by atoms with Crippen molar-refractivity contribution < 1.29 is 9.53 Å². The maximum atomic E-state index is 12.8. The maximum absolute atomic E-state index is 12.8. The van der Waals surface area contributed by atoms with E-state index in [4.69, 9.17) is 10.5 Å². The molecule has 3 unspecified atom stereocenters. The van der Waals surface area contributed by atoms with E-state index in [2.05, 4.69) is 0 Å². The highest BCUT2D eigenvalue weighted by atomic mass is 16.5. The molecule has 0 radical (unpaired) electrons. The van der Waals surface area contributed by atoms with Gasteiger partial charge < -0.3 is 15.4 Å². The summed E-state index contributed by atoms with van der Waals surface area (Å²) in [6, 6.07) is 7.97. The van der Waals surface area contributed by atoms with Gasteiger partial charge in [-0.05, 0) is 50.7 Å². The Morgan fingerprint density at radius 1 is 1.45 bits per heavy atom. The Morgan fingerprint density at radius 2 is 2.18 bits per heavy atom. The second-order valence-electron chi connectivity index (χ2n) is 6.33. The Labute approximate surface area is 133 Å². The summed E-state index contributed by atoms with van der Waals surface area (Å²) in [4.78, 5) is 14.7. The van der Waals surface area contributed by atoms with E-state index in [0.717, 1.165) is 37.2 Å². The molecule has 0 spiro atoms. The molecule has 2 rings (SSSR count). The third-order valence-electron chi connectivity index (χ3n) is 4.52. The van der Waals surface area contributed by atoms with Crippen molar-refractivity contribution in [3.8, 4) is 5.75 Å². The largest absolute Gasteiger partial charge is 0.480 e. The van der Waals surface area contributed by atoms with Crippen molar-refractivity contribution in [1.82, 2.24) is 4.90 Å². The molecule has 0 bridgehead atoms. The van der Waals surface area contributed by atoms with Gasteiger partial charge in [0.2, 0.25) is 0 Å². The van der Waals surface area contributed by atoms with E-state index in [1.807, 2.05) is 49.9 Å². The number of amides is 1. The van der Waals surface area contributed by atoms with Gasteiger partial charge in [-0.3, -0.25) is 4.79 Å². The van der Waals surface area contributed by atoms with Gasteiger partial charge in [-0.15, -0.1) is 0 Å². The number of carbonyl (C=O) groups is 1. The SMILES string of the molecule is CCC(Oc1ccccc1C)C(=O)N1CCCC(C(C)N)C1. The lowest BCUT2D eigenvalue weighted by molar-refractivity contribution is -0.140. The minimum Gasteiger partial charge on any atom is -0.480 e. The number of nitrogens with zero attached hydrogens (tertiary/aromatic N) is 1. The van der Waals surface area contributed by atoms with E-state index < -0.39 is 6.10 Å². The standard InChI is InChI=1S/C18H28N2O2/c1-4-16(22-17-10-6-5-8-13(17)2)18(21)20-11-7-9-15(12-20)14(3)19/h5-6,8,10,14-16H,4,7,9,11-12,19H2,1-3H3. The van der Waals surface area contributed by atoms with Gasteiger partial charge >= 0.3 is 0 Å². The molecule has 0 saturated carbocycles. The number of carbonyl (C=O) groups excluding carboxylic acids is 1. The van der Waals surface area contributed by atoms with Crippen molar-refractivity contribution in [2.75, 3.05) is 13.1 Å². The molecule has 1 aromatic rings. The predicted octanol–water partition coefficient (Wildman–Crippen LogP) is 2.74. The number of hydrogen-bond donors (Lipinski definition) is 1. The number of hydrogen-bond acceptors (Lipinski definition) is 3. The fraction of sp³-hybridized carbons (Fsp3) is 0.611. The highest BCUT2D eigenvalue weighted by Crippen LogP contribution is 2.23. The van der Waals surface area contributed by atoms with Crippen LogP contribution in [0.15, 0.2) is 24.3 Å². The van der Waals surface area contributed by atoms with E-state index in [0.29, 0.717) is 12.3 Å². The number of nitrogens with two attached hydrogens (primary N) is 1. The van der Waals surface area contributed by atoms with Crippen LogP contribution in [0.25, 0.3) is 0 Å². The van der Waals surface area contributed by atoms with E-state index in [1.165, 1.54) is 0 Å². The molecule has 1 heterocycles. The fourth-order valence-corrected chi connectivity index (χ4v) is 2.99. The quantitative estimate of drug-likeness (QED) is 0.910. The van der Waals surface area contributed by atoms with Crippen LogP contribution >= 0.6 is 0 Å². The third-order valence-corrected chi connectivity index (χ3v) is 4.52. The highest BCUT2D eigenvalue weighted by molar-refractivity contribution is 5.81. The lowest BCUT2D eigenvalue weighted by Crippen LogP contribution is -2.49. The number of para-hydroxylation sites is 1. The Kier molecular flexibility index (Phi) is 5.83. The summed E-state index contributed by atoms with van der Waals surface area (Å²) in [5.74, 6) is 1.29. The van der Waals surface area contributed by atoms with Crippen molar-refractivity contribution in [1.29, 1.82) is 0 Å². The summed E-state index contributed by atoms with van der Waals surface area (Å²) >= 11 is 0. The molecule has 0 aliphatic carbocycles. The molecule has 4 nitrogen and oxygen atoms in total. The molecular weight excluding hydrogens is 276 g/mol. The van der Waals surface area contributed by atoms with E-state index >= 15 is 0 Å². The molecule has 1 amide bonds. The molecule has 2 N–H and O–H groups in total. The Hall–Kier alpha value is -1.55. The van der Waals surface area contributed by atoms with Crippen LogP contribution in [0.2, 0.25) is 0 Å². The zero-order chi connectivity index (χ0) is 16.1. The van der Waals surface area contributed by atoms with E-state index in [9.17, 15) is 4.79 Å². The molecule has 3 atom stereocenters. The van der Waals surface area contributed by atoms with Crippen molar-refractivity contribution in [2.45, 2.75) is 52.2 Å². The maximum Gasteiger partial charge on any atom is 0.263 e. The van der Waals surface area contributed by atoms with Crippen LogP contribution in [0, 0.1) is 12.8 Å². The molecule has 4 heteroatoms. The molecule has 122 valence electrons. The minimum atomic E-state index is -0.409. The van der Waals surface area contributed by atoms with Crippen LogP contribution in [0.5, 0.6) is 5.75 Å². The third kappa shape index (κ3) is 4.01. The zero-order valence-corrected chi connectivity index (χ0v) is 13.9. The first kappa shape index (κ1) is 16.8. The Bertz CT molecular complexity index is 502. The summed E-state index contributed by atoms with van der Waals surface area (Å²) in [5.41, 5.74) is 7.07. The summed E-state index contributed by atoms with van der Waals surface area (Å²) in [6.07, 6.45) is 2.40. The van der Waals surface area contributed by atoms with Gasteiger partial charge in [0.1, 0.15) is 5.75 Å². The molecule has 1 aliphatic rings. The number of benzene rings is 1. The first-order chi connectivity index (χ1) is 10.5. The van der Waals surface area contributed by atoms with Crippen molar-refractivity contribution in [3.05, 3.63) is 29.8 Å². The van der Waals surface area contributed by atoms with Crippen molar-refractivity contribution in [3.63, 3.8) is 0 Å². The number of aryl methyl sites for hydroxylation is 1. The molecule has 1 saturated heterocycles. The second-order valence-corrected chi connectivity index (χ2v) is 6.33. The number of rotatable bonds is 5. The molecule has 0 aromatic heterocycles. The van der Waals surface area contributed by atoms with Gasteiger partial charge in [0.15, 0.2) is 6.10 Å². The lowest BCUT2D eigenvalue weighted by atomic mass is 9.92. The van der Waals surface area contributed by atoms with Crippen molar-refractivity contribution >= 4 is 5.91 Å². The lowest BCUT2D eigenvalue weighted by Gasteiger charge is -2.36. The van der Waals surface area contributed by atoms with Gasteiger partial charge in [-0.25, -0.2) is 0 Å². The monoisotopic (exact) mass is 304 g/mol. The summed E-state index contributed by atoms with van der Waals surface area (Å²) in [6.45, 7) is 7.59. The molecule has 1 aromatic carbocycles. The topological polar surface area (TPSA) is 55.6 Å². The Balaban J connectivity index is 2.04. The molecular formula is C18H28N2O2. The van der Waals surface area contributed by atoms with Gasteiger partial charge in [0.05, 0.1) is 0 Å². The zero-order valence-electron chi connectivity index (χ0n) is 13.9. The normalized spacial score (nSPS) is 21.3. The van der Waals surface area contributed by atoms with Crippen LogP contribution in [-0.2, 0) is 4.79 Å². The molecule has 22 heavy (non-hydrogen) atoms. The Morgan fingerprint density at radius 3 is 2.82 bits per heavy atom. The first-order valence-electron chi connectivity index (χ1n) is 8.29. The predicted molar refractivity (Wildman–Crippen MR) is 88.8 cm³/mol. The summed E-state index contributed by atoms with van der Waals surface area (Å²) in [5, 5.41) is 0. The van der Waals surface area contributed by atoms with Gasteiger partial charge in [0.25, 0.3) is 5.91 Å². The average molecular weight is 304 g/mol.